The number of hydrogen-bond acceptors (Lipinski definition) is 4. The average molecular weight is 143 g/mol. The quantitative estimate of drug-likeness (QED) is 0.542. The van der Waals surface area contributed by atoms with Crippen molar-refractivity contribution in [3.05, 3.63) is 11.5 Å². The number of amides is 1. The molecule has 9 heavy (non-hydrogen) atoms. The molecule has 0 saturated carbocycles. The number of nitrogens with zero attached hydrogens (tertiary/aromatic N) is 2. The molecule has 1 aliphatic rings. The van der Waals surface area contributed by atoms with Gasteiger partial charge in [0.05, 0.1) is 0 Å². The summed E-state index contributed by atoms with van der Waals surface area (Å²) in [6.07, 6.45) is 1.61. The van der Waals surface area contributed by atoms with Crippen LogP contribution in [0.5, 0.6) is 0 Å². The summed E-state index contributed by atoms with van der Waals surface area (Å²) in [5.41, 5.74) is 4.91. The molecule has 1 heterocycles. The third-order valence-electron chi connectivity index (χ3n) is 0.832. The molecule has 0 radical (unpaired) electrons. The number of carbonyl (C=O) groups is 1. The van der Waals surface area contributed by atoms with Gasteiger partial charge in [0.2, 0.25) is 5.91 Å². The van der Waals surface area contributed by atoms with E-state index in [0.29, 0.717) is 0 Å². The van der Waals surface area contributed by atoms with E-state index in [1.807, 2.05) is 0 Å². The van der Waals surface area contributed by atoms with Gasteiger partial charge in [-0.1, -0.05) is 0 Å². The van der Waals surface area contributed by atoms with Crippen LogP contribution in [0.1, 0.15) is 0 Å². The number of rotatable bonds is 1. The van der Waals surface area contributed by atoms with Crippen molar-refractivity contribution in [2.24, 2.45) is 15.4 Å². The molecule has 0 aliphatic carbocycles. The van der Waals surface area contributed by atoms with Crippen LogP contribution >= 0.6 is 11.9 Å². The van der Waals surface area contributed by atoms with Gasteiger partial charge in [-0.2, -0.15) is 5.11 Å². The molecule has 0 aromatic heterocycles. The second-order valence-corrected chi connectivity index (χ2v) is 2.12. The van der Waals surface area contributed by atoms with E-state index in [0.717, 1.165) is 0 Å². The van der Waals surface area contributed by atoms with E-state index in [-0.39, 0.29) is 0 Å². The van der Waals surface area contributed by atoms with Crippen LogP contribution < -0.4 is 5.73 Å². The lowest BCUT2D eigenvalue weighted by Gasteiger charge is -2.01. The molecule has 1 aliphatic heterocycles. The highest BCUT2D eigenvalue weighted by Gasteiger charge is 2.10. The van der Waals surface area contributed by atoms with E-state index in [1.54, 1.807) is 11.5 Å². The molecular formula is C4H5N3OS. The van der Waals surface area contributed by atoms with Crippen molar-refractivity contribution < 1.29 is 4.79 Å². The van der Waals surface area contributed by atoms with Crippen molar-refractivity contribution in [3.8, 4) is 0 Å². The highest BCUT2D eigenvalue weighted by atomic mass is 32.2. The molecule has 1 amide bonds. The van der Waals surface area contributed by atoms with Gasteiger partial charge in [0.25, 0.3) is 0 Å². The molecule has 1 rings (SSSR count). The van der Waals surface area contributed by atoms with Crippen molar-refractivity contribution in [2.45, 2.75) is 6.04 Å². The molecule has 0 aromatic rings. The van der Waals surface area contributed by atoms with Gasteiger partial charge in [-0.15, -0.1) is 4.52 Å². The third-order valence-corrected chi connectivity index (χ3v) is 1.30. The van der Waals surface area contributed by atoms with Crippen LogP contribution in [0.2, 0.25) is 0 Å². The lowest BCUT2D eigenvalue weighted by atomic mass is 10.3. The zero-order valence-electron chi connectivity index (χ0n) is 4.52. The zero-order valence-corrected chi connectivity index (χ0v) is 5.34. The first-order valence-corrected chi connectivity index (χ1v) is 3.16. The molecule has 0 fully saturated rings. The van der Waals surface area contributed by atoms with Gasteiger partial charge in [-0.25, -0.2) is 0 Å². The number of carbonyl (C=O) groups excluding carboxylic acids is 1. The summed E-state index contributed by atoms with van der Waals surface area (Å²) in [5, 5.41) is 5.24. The van der Waals surface area contributed by atoms with Crippen LogP contribution in [-0.2, 0) is 4.79 Å². The van der Waals surface area contributed by atoms with Crippen LogP contribution in [0.3, 0.4) is 0 Å². The monoisotopic (exact) mass is 143 g/mol. The smallest absolute Gasteiger partial charge is 0.248 e. The Balaban J connectivity index is 2.60. The minimum Gasteiger partial charge on any atom is -0.367 e. The van der Waals surface area contributed by atoms with Crippen LogP contribution in [0.4, 0.5) is 0 Å². The largest absolute Gasteiger partial charge is 0.367 e. The lowest BCUT2D eigenvalue weighted by molar-refractivity contribution is -0.118. The summed E-state index contributed by atoms with van der Waals surface area (Å²) in [6, 6.07) is -0.550. The summed E-state index contributed by atoms with van der Waals surface area (Å²) in [6.45, 7) is 0. The lowest BCUT2D eigenvalue weighted by Crippen LogP contribution is -2.24. The van der Waals surface area contributed by atoms with Crippen molar-refractivity contribution in [1.82, 2.24) is 0 Å². The van der Waals surface area contributed by atoms with Crippen LogP contribution in [-0.4, -0.2) is 11.9 Å². The van der Waals surface area contributed by atoms with E-state index in [4.69, 9.17) is 5.73 Å². The summed E-state index contributed by atoms with van der Waals surface area (Å²) in [4.78, 5) is 10.4. The Morgan fingerprint density at radius 3 is 2.89 bits per heavy atom. The van der Waals surface area contributed by atoms with E-state index in [9.17, 15) is 4.79 Å². The Labute approximate surface area is 56.3 Å². The van der Waals surface area contributed by atoms with Crippen LogP contribution in [0, 0.1) is 0 Å². The third kappa shape index (κ3) is 1.53. The fourth-order valence-corrected chi connectivity index (χ4v) is 0.835. The number of primary amides is 1. The van der Waals surface area contributed by atoms with Crippen LogP contribution in [0.15, 0.2) is 21.1 Å². The van der Waals surface area contributed by atoms with E-state index in [1.165, 1.54) is 11.9 Å². The maximum atomic E-state index is 10.4. The van der Waals surface area contributed by atoms with Gasteiger partial charge in [0, 0.05) is 11.9 Å². The summed E-state index contributed by atoms with van der Waals surface area (Å²) >= 11 is 1.19. The van der Waals surface area contributed by atoms with E-state index < -0.39 is 11.9 Å². The van der Waals surface area contributed by atoms with E-state index in [2.05, 4.69) is 9.63 Å². The van der Waals surface area contributed by atoms with Gasteiger partial charge in [0.15, 0.2) is 6.04 Å². The maximum absolute atomic E-state index is 10.4. The Bertz CT molecular complexity index is 165. The molecule has 2 N–H and O–H groups in total. The minimum absolute atomic E-state index is 0.463. The van der Waals surface area contributed by atoms with Gasteiger partial charge in [0.1, 0.15) is 0 Å². The summed E-state index contributed by atoms with van der Waals surface area (Å²) in [7, 11) is 0. The predicted octanol–water partition coefficient (Wildman–Crippen LogP) is 0.468. The Morgan fingerprint density at radius 1 is 1.78 bits per heavy atom. The number of nitrogens with two attached hydrogens (primary N) is 1. The molecule has 4 nitrogen and oxygen atoms in total. The van der Waals surface area contributed by atoms with Gasteiger partial charge < -0.3 is 5.73 Å². The van der Waals surface area contributed by atoms with Crippen molar-refractivity contribution >= 4 is 17.9 Å². The second-order valence-electron chi connectivity index (χ2n) is 1.48. The molecular weight excluding hydrogens is 138 g/mol. The van der Waals surface area contributed by atoms with Crippen molar-refractivity contribution in [1.29, 1.82) is 0 Å². The zero-order chi connectivity index (χ0) is 6.69. The Morgan fingerprint density at radius 2 is 2.56 bits per heavy atom. The first kappa shape index (κ1) is 6.28. The molecule has 48 valence electrons. The van der Waals surface area contributed by atoms with Crippen molar-refractivity contribution in [2.75, 3.05) is 0 Å². The first-order valence-electron chi connectivity index (χ1n) is 2.32. The molecule has 0 spiro atoms. The maximum Gasteiger partial charge on any atom is 0.248 e. The Kier molecular flexibility index (Phi) is 1.84. The molecule has 0 bridgehead atoms. The molecule has 1 atom stereocenters. The highest BCUT2D eigenvalue weighted by molar-refractivity contribution is 8.00. The van der Waals surface area contributed by atoms with E-state index >= 15 is 0 Å². The van der Waals surface area contributed by atoms with Gasteiger partial charge in [-0.05, 0) is 11.5 Å². The first-order chi connectivity index (χ1) is 4.30. The van der Waals surface area contributed by atoms with Gasteiger partial charge >= 0.3 is 0 Å². The average Bonchev–Trinajstić information content (AvgIpc) is 1.90. The Hall–Kier alpha value is -0.840. The predicted molar refractivity (Wildman–Crippen MR) is 34.6 cm³/mol. The topological polar surface area (TPSA) is 67.8 Å². The molecule has 1 unspecified atom stereocenters. The highest BCUT2D eigenvalue weighted by Crippen LogP contribution is 2.13. The normalized spacial score (nSPS) is 24.2. The fraction of sp³-hybridized carbons (Fsp3) is 0.250. The number of hydrogen-bond donors (Lipinski definition) is 1. The van der Waals surface area contributed by atoms with Crippen LogP contribution in [0.25, 0.3) is 0 Å². The fourth-order valence-electron chi connectivity index (χ4n) is 0.405. The minimum atomic E-state index is -0.550. The van der Waals surface area contributed by atoms with Gasteiger partial charge in [-0.3, -0.25) is 4.79 Å². The summed E-state index contributed by atoms with van der Waals surface area (Å²) < 4.78 is 3.53. The second kappa shape index (κ2) is 2.63. The summed E-state index contributed by atoms with van der Waals surface area (Å²) in [5.74, 6) is -0.463. The molecule has 0 aromatic carbocycles. The SMILES string of the molecule is NC(=O)C1C=CSN=N1. The molecule has 5 heteroatoms. The standard InChI is InChI=1S/C4H5N3OS/c5-4(8)3-1-2-9-7-6-3/h1-3H,(H2,5,8). The molecule has 0 saturated heterocycles. The van der Waals surface area contributed by atoms with Crippen molar-refractivity contribution in [3.63, 3.8) is 0 Å².